The lowest BCUT2D eigenvalue weighted by atomic mass is 9.83. The monoisotopic (exact) mass is 350 g/mol. The number of phenolic OH excluding ortho intramolecular Hbond substituents is 2. The van der Waals surface area contributed by atoms with E-state index in [0.717, 1.165) is 11.8 Å². The summed E-state index contributed by atoms with van der Waals surface area (Å²) in [6, 6.07) is 18.4. The Kier molecular flexibility index (Phi) is 3.41. The van der Waals surface area contributed by atoms with Crippen LogP contribution in [0.4, 0.5) is 0 Å². The molecule has 0 aromatic heterocycles. The molecule has 3 aromatic rings. The first-order valence-electron chi connectivity index (χ1n) is 8.82. The summed E-state index contributed by atoms with van der Waals surface area (Å²) in [5.74, 6) is -0.789. The van der Waals surface area contributed by atoms with Gasteiger partial charge < -0.3 is 10.2 Å². The van der Waals surface area contributed by atoms with Crippen molar-refractivity contribution in [3.8, 4) is 11.5 Å². The lowest BCUT2D eigenvalue weighted by molar-refractivity contribution is 0.102. The fraction of sp³-hybridized carbons (Fsp3) is 0.0952. The second-order valence-electron chi connectivity index (χ2n) is 5.78. The molecule has 0 unspecified atom stereocenters. The van der Waals surface area contributed by atoms with Crippen molar-refractivity contribution in [2.24, 2.45) is 0 Å². The SMILES string of the molecule is [2H]C([2H])(SC1c2cccc(O)c2C(=O)c2c(O)cccc21)c1ccccc1. The van der Waals surface area contributed by atoms with E-state index in [1.54, 1.807) is 48.5 Å². The van der Waals surface area contributed by atoms with Gasteiger partial charge in [-0.2, -0.15) is 0 Å². The van der Waals surface area contributed by atoms with Gasteiger partial charge in [-0.3, -0.25) is 4.79 Å². The number of carbonyl (C=O) groups is 1. The summed E-state index contributed by atoms with van der Waals surface area (Å²) in [4.78, 5) is 12.9. The van der Waals surface area contributed by atoms with Crippen LogP contribution in [0, 0.1) is 0 Å². The molecule has 1 aliphatic rings. The molecule has 0 saturated heterocycles. The summed E-state index contributed by atoms with van der Waals surface area (Å²) in [5.41, 5.74) is 0.0967. The van der Waals surface area contributed by atoms with Crippen LogP contribution >= 0.6 is 11.8 Å². The predicted molar refractivity (Wildman–Crippen MR) is 99.2 cm³/mol. The molecule has 0 saturated carbocycles. The molecule has 2 N–H and O–H groups in total. The molecular formula is C21H16O3S. The number of phenols is 2. The van der Waals surface area contributed by atoms with Crippen LogP contribution in [0.25, 0.3) is 0 Å². The number of hydrogen-bond acceptors (Lipinski definition) is 4. The number of benzene rings is 3. The molecule has 4 heteroatoms. The maximum atomic E-state index is 12.9. The van der Waals surface area contributed by atoms with Crippen molar-refractivity contribution in [3.63, 3.8) is 0 Å². The van der Waals surface area contributed by atoms with Crippen LogP contribution in [0.1, 0.15) is 40.6 Å². The maximum Gasteiger partial charge on any atom is 0.201 e. The van der Waals surface area contributed by atoms with Crippen molar-refractivity contribution in [3.05, 3.63) is 94.5 Å². The van der Waals surface area contributed by atoms with E-state index in [0.29, 0.717) is 16.7 Å². The summed E-state index contributed by atoms with van der Waals surface area (Å²) >= 11 is 1.04. The van der Waals surface area contributed by atoms with Crippen LogP contribution in [0.5, 0.6) is 11.5 Å². The van der Waals surface area contributed by atoms with Gasteiger partial charge in [-0.05, 0) is 28.8 Å². The molecule has 3 aromatic carbocycles. The molecule has 0 radical (unpaired) electrons. The van der Waals surface area contributed by atoms with Gasteiger partial charge in [0.1, 0.15) is 11.5 Å². The highest BCUT2D eigenvalue weighted by molar-refractivity contribution is 7.99. The van der Waals surface area contributed by atoms with E-state index in [1.807, 2.05) is 6.07 Å². The van der Waals surface area contributed by atoms with Gasteiger partial charge in [0, 0.05) is 8.45 Å². The van der Waals surface area contributed by atoms with Gasteiger partial charge in [0.15, 0.2) is 0 Å². The van der Waals surface area contributed by atoms with Crippen LogP contribution in [0.15, 0.2) is 66.7 Å². The lowest BCUT2D eigenvalue weighted by Gasteiger charge is -2.28. The zero-order valence-corrected chi connectivity index (χ0v) is 14.0. The zero-order chi connectivity index (χ0) is 19.2. The fourth-order valence-corrected chi connectivity index (χ4v) is 4.14. The number of aromatic hydroxyl groups is 2. The van der Waals surface area contributed by atoms with Gasteiger partial charge in [0.05, 0.1) is 16.4 Å². The Bertz CT molecular complexity index is 979. The van der Waals surface area contributed by atoms with Crippen molar-refractivity contribution in [2.45, 2.75) is 11.0 Å². The average Bonchev–Trinajstić information content (AvgIpc) is 2.65. The summed E-state index contributed by atoms with van der Waals surface area (Å²) < 4.78 is 17.1. The third-order valence-corrected chi connectivity index (χ3v) is 5.33. The number of fused-ring (bicyclic) bond motifs is 2. The molecule has 1 aliphatic carbocycles. The Morgan fingerprint density at radius 2 is 1.40 bits per heavy atom. The summed E-state index contributed by atoms with van der Waals surface area (Å²) in [5, 5.41) is 20.0. The normalized spacial score (nSPS) is 15.1. The first-order chi connectivity index (χ1) is 12.9. The highest BCUT2D eigenvalue weighted by atomic mass is 32.2. The van der Waals surface area contributed by atoms with Crippen molar-refractivity contribution in [2.75, 3.05) is 0 Å². The number of hydrogen-bond donors (Lipinski definition) is 2. The van der Waals surface area contributed by atoms with E-state index in [-0.39, 0.29) is 22.6 Å². The number of thioether (sulfide) groups is 1. The lowest BCUT2D eigenvalue weighted by Crippen LogP contribution is -2.18. The summed E-state index contributed by atoms with van der Waals surface area (Å²) in [6.45, 7) is 0. The predicted octanol–water partition coefficient (Wildman–Crippen LogP) is 4.67. The summed E-state index contributed by atoms with van der Waals surface area (Å²) in [7, 11) is 0. The van der Waals surface area contributed by atoms with E-state index in [1.165, 1.54) is 12.1 Å². The Hall–Kier alpha value is -2.72. The first kappa shape index (κ1) is 13.6. The Balaban J connectivity index is 1.89. The molecule has 0 atom stereocenters. The zero-order valence-electron chi connectivity index (χ0n) is 15.1. The van der Waals surface area contributed by atoms with Gasteiger partial charge in [0.2, 0.25) is 5.78 Å². The standard InChI is InChI=1S/C21H16O3S/c22-16-10-4-8-14-18(16)20(24)19-15(9-5-11-17(19)23)21(14)25-12-13-6-2-1-3-7-13/h1-11,21-23H,12H2/i12D2. The number of carbonyl (C=O) groups excluding carboxylic acids is 1. The molecule has 4 rings (SSSR count). The Morgan fingerprint density at radius 1 is 0.840 bits per heavy atom. The first-order valence-corrected chi connectivity index (χ1v) is 8.70. The van der Waals surface area contributed by atoms with Gasteiger partial charge in [-0.15, -0.1) is 11.8 Å². The van der Waals surface area contributed by atoms with Gasteiger partial charge in [-0.25, -0.2) is 0 Å². The van der Waals surface area contributed by atoms with E-state index in [4.69, 9.17) is 2.74 Å². The number of ketones is 1. The van der Waals surface area contributed by atoms with Crippen LogP contribution in [0.2, 0.25) is 0 Å². The van der Waals surface area contributed by atoms with Crippen molar-refractivity contribution < 1.29 is 17.7 Å². The van der Waals surface area contributed by atoms with E-state index >= 15 is 0 Å². The topological polar surface area (TPSA) is 57.5 Å². The molecular weight excluding hydrogens is 332 g/mol. The molecule has 25 heavy (non-hydrogen) atoms. The van der Waals surface area contributed by atoms with Crippen molar-refractivity contribution in [1.82, 2.24) is 0 Å². The highest BCUT2D eigenvalue weighted by Crippen LogP contribution is 2.48. The van der Waals surface area contributed by atoms with E-state index < -0.39 is 16.7 Å². The maximum absolute atomic E-state index is 12.9. The molecule has 3 nitrogen and oxygen atoms in total. The molecule has 0 amide bonds. The van der Waals surface area contributed by atoms with Crippen molar-refractivity contribution in [1.29, 1.82) is 0 Å². The second-order valence-corrected chi connectivity index (χ2v) is 6.69. The van der Waals surface area contributed by atoms with Crippen LogP contribution in [0.3, 0.4) is 0 Å². The molecule has 0 spiro atoms. The molecule has 0 heterocycles. The Labute approximate surface area is 152 Å². The quantitative estimate of drug-likeness (QED) is 0.721. The van der Waals surface area contributed by atoms with Gasteiger partial charge >= 0.3 is 0 Å². The van der Waals surface area contributed by atoms with E-state index in [2.05, 4.69) is 0 Å². The smallest absolute Gasteiger partial charge is 0.201 e. The van der Waals surface area contributed by atoms with Gasteiger partial charge in [-0.1, -0.05) is 54.6 Å². The Morgan fingerprint density at radius 3 is 1.96 bits per heavy atom. The minimum absolute atomic E-state index is 0.118. The van der Waals surface area contributed by atoms with Crippen LogP contribution < -0.4 is 0 Å². The largest absolute Gasteiger partial charge is 0.507 e. The minimum atomic E-state index is -1.74. The van der Waals surface area contributed by atoms with Crippen LogP contribution in [-0.2, 0) is 5.70 Å². The summed E-state index contributed by atoms with van der Waals surface area (Å²) in [6.07, 6.45) is 0. The minimum Gasteiger partial charge on any atom is -0.507 e. The number of rotatable bonds is 3. The van der Waals surface area contributed by atoms with Gasteiger partial charge in [0.25, 0.3) is 0 Å². The fourth-order valence-electron chi connectivity index (χ4n) is 3.10. The van der Waals surface area contributed by atoms with Crippen molar-refractivity contribution >= 4 is 17.5 Å². The highest BCUT2D eigenvalue weighted by Gasteiger charge is 2.35. The molecule has 124 valence electrons. The van der Waals surface area contributed by atoms with Crippen LogP contribution in [-0.4, -0.2) is 16.0 Å². The average molecular weight is 350 g/mol. The van der Waals surface area contributed by atoms with E-state index in [9.17, 15) is 15.0 Å². The third kappa shape index (κ3) is 2.68. The third-order valence-electron chi connectivity index (χ3n) is 4.24. The second kappa shape index (κ2) is 6.30. The molecule has 0 fully saturated rings. The molecule has 0 aliphatic heterocycles. The molecule has 0 bridgehead atoms.